The molecule has 1 aliphatic carbocycles. The molecule has 0 aromatic rings. The standard InChI is InChI=1S/C10H18O3/c11-9(10-12-6-7-13-10)8-4-2-1-3-5-8/h8-11H,1-7H2. The Hall–Kier alpha value is -0.120. The number of rotatable bonds is 2. The topological polar surface area (TPSA) is 38.7 Å². The normalized spacial score (nSPS) is 29.3. The van der Waals surface area contributed by atoms with Crippen LogP contribution in [0.5, 0.6) is 0 Å². The van der Waals surface area contributed by atoms with Gasteiger partial charge in [0.25, 0.3) is 0 Å². The molecule has 1 aliphatic heterocycles. The first-order chi connectivity index (χ1) is 6.38. The molecule has 0 radical (unpaired) electrons. The molecule has 0 aromatic heterocycles. The summed E-state index contributed by atoms with van der Waals surface area (Å²) in [4.78, 5) is 0. The summed E-state index contributed by atoms with van der Waals surface area (Å²) < 4.78 is 10.6. The van der Waals surface area contributed by atoms with Crippen LogP contribution in [-0.4, -0.2) is 30.7 Å². The van der Waals surface area contributed by atoms with Gasteiger partial charge in [-0.15, -0.1) is 0 Å². The summed E-state index contributed by atoms with van der Waals surface area (Å²) in [5, 5.41) is 9.92. The Morgan fingerprint density at radius 1 is 1.00 bits per heavy atom. The van der Waals surface area contributed by atoms with Crippen LogP contribution in [0.2, 0.25) is 0 Å². The lowest BCUT2D eigenvalue weighted by atomic mass is 9.85. The van der Waals surface area contributed by atoms with E-state index in [1.54, 1.807) is 0 Å². The van der Waals surface area contributed by atoms with Crippen LogP contribution in [0.4, 0.5) is 0 Å². The van der Waals surface area contributed by atoms with Crippen LogP contribution in [0.1, 0.15) is 32.1 Å². The van der Waals surface area contributed by atoms with E-state index in [4.69, 9.17) is 9.47 Å². The maximum atomic E-state index is 9.92. The molecule has 0 spiro atoms. The molecule has 2 fully saturated rings. The van der Waals surface area contributed by atoms with Gasteiger partial charge in [0.2, 0.25) is 0 Å². The van der Waals surface area contributed by atoms with Gasteiger partial charge in [-0.25, -0.2) is 0 Å². The van der Waals surface area contributed by atoms with E-state index in [2.05, 4.69) is 0 Å². The first-order valence-corrected chi connectivity index (χ1v) is 5.29. The van der Waals surface area contributed by atoms with Crippen molar-refractivity contribution in [3.05, 3.63) is 0 Å². The fraction of sp³-hybridized carbons (Fsp3) is 1.00. The minimum absolute atomic E-state index is 0.344. The van der Waals surface area contributed by atoms with Gasteiger partial charge in [0.15, 0.2) is 6.29 Å². The highest BCUT2D eigenvalue weighted by Crippen LogP contribution is 2.29. The van der Waals surface area contributed by atoms with Crippen LogP contribution in [0.15, 0.2) is 0 Å². The summed E-state index contributed by atoms with van der Waals surface area (Å²) in [5.41, 5.74) is 0. The highest BCUT2D eigenvalue weighted by Gasteiger charge is 2.32. The Balaban J connectivity index is 1.83. The van der Waals surface area contributed by atoms with Gasteiger partial charge in [0.1, 0.15) is 6.10 Å². The molecule has 0 aromatic carbocycles. The van der Waals surface area contributed by atoms with Gasteiger partial charge in [-0.2, -0.15) is 0 Å². The predicted octanol–water partition coefficient (Wildman–Crippen LogP) is 1.30. The van der Waals surface area contributed by atoms with Gasteiger partial charge >= 0.3 is 0 Å². The minimum Gasteiger partial charge on any atom is -0.388 e. The zero-order valence-corrected chi connectivity index (χ0v) is 7.95. The van der Waals surface area contributed by atoms with Crippen molar-refractivity contribution in [1.29, 1.82) is 0 Å². The van der Waals surface area contributed by atoms with E-state index in [9.17, 15) is 5.11 Å². The fourth-order valence-corrected chi connectivity index (χ4v) is 2.27. The van der Waals surface area contributed by atoms with Crippen molar-refractivity contribution >= 4 is 0 Å². The summed E-state index contributed by atoms with van der Waals surface area (Å²) in [6.07, 6.45) is 5.32. The van der Waals surface area contributed by atoms with E-state index in [0.29, 0.717) is 19.1 Å². The van der Waals surface area contributed by atoms with E-state index < -0.39 is 6.10 Å². The van der Waals surface area contributed by atoms with Crippen molar-refractivity contribution in [3.8, 4) is 0 Å². The zero-order valence-electron chi connectivity index (χ0n) is 7.95. The molecule has 1 atom stereocenters. The third-order valence-electron chi connectivity index (χ3n) is 3.06. The van der Waals surface area contributed by atoms with Crippen molar-refractivity contribution in [2.24, 2.45) is 5.92 Å². The highest BCUT2D eigenvalue weighted by atomic mass is 16.7. The molecule has 76 valence electrons. The summed E-state index contributed by atoms with van der Waals surface area (Å²) in [7, 11) is 0. The van der Waals surface area contributed by atoms with E-state index in [-0.39, 0.29) is 6.29 Å². The van der Waals surface area contributed by atoms with Gasteiger partial charge < -0.3 is 14.6 Å². The molecular formula is C10H18O3. The summed E-state index contributed by atoms with van der Waals surface area (Å²) in [6, 6.07) is 0. The molecule has 0 amide bonds. The molecule has 0 bridgehead atoms. The van der Waals surface area contributed by atoms with Gasteiger partial charge in [-0.05, 0) is 18.8 Å². The summed E-state index contributed by atoms with van der Waals surface area (Å²) in [6.45, 7) is 1.27. The summed E-state index contributed by atoms with van der Waals surface area (Å²) >= 11 is 0. The predicted molar refractivity (Wildman–Crippen MR) is 48.3 cm³/mol. The van der Waals surface area contributed by atoms with Crippen molar-refractivity contribution in [3.63, 3.8) is 0 Å². The smallest absolute Gasteiger partial charge is 0.183 e. The second kappa shape index (κ2) is 4.40. The van der Waals surface area contributed by atoms with Crippen LogP contribution in [0, 0.1) is 5.92 Å². The molecular weight excluding hydrogens is 168 g/mol. The van der Waals surface area contributed by atoms with Crippen LogP contribution in [-0.2, 0) is 9.47 Å². The van der Waals surface area contributed by atoms with Crippen LogP contribution >= 0.6 is 0 Å². The van der Waals surface area contributed by atoms with Crippen LogP contribution < -0.4 is 0 Å². The molecule has 1 heterocycles. The lowest BCUT2D eigenvalue weighted by molar-refractivity contribution is -0.142. The molecule has 3 heteroatoms. The number of aliphatic hydroxyl groups excluding tert-OH is 1. The molecule has 2 rings (SSSR count). The van der Waals surface area contributed by atoms with Crippen molar-refractivity contribution in [1.82, 2.24) is 0 Å². The number of aliphatic hydroxyl groups is 1. The minimum atomic E-state index is -0.400. The van der Waals surface area contributed by atoms with E-state index in [1.165, 1.54) is 19.3 Å². The average molecular weight is 186 g/mol. The van der Waals surface area contributed by atoms with Gasteiger partial charge in [0.05, 0.1) is 13.2 Å². The molecule has 3 nitrogen and oxygen atoms in total. The van der Waals surface area contributed by atoms with E-state index in [0.717, 1.165) is 12.8 Å². The van der Waals surface area contributed by atoms with Gasteiger partial charge in [-0.1, -0.05) is 19.3 Å². The molecule has 1 N–H and O–H groups in total. The Labute approximate surface area is 79.0 Å². The number of hydrogen-bond donors (Lipinski definition) is 1. The highest BCUT2D eigenvalue weighted by molar-refractivity contribution is 4.76. The largest absolute Gasteiger partial charge is 0.388 e. The molecule has 1 saturated heterocycles. The fourth-order valence-electron chi connectivity index (χ4n) is 2.27. The second-order valence-corrected chi connectivity index (χ2v) is 4.00. The van der Waals surface area contributed by atoms with Crippen molar-refractivity contribution < 1.29 is 14.6 Å². The third-order valence-corrected chi connectivity index (χ3v) is 3.06. The zero-order chi connectivity index (χ0) is 9.10. The lowest BCUT2D eigenvalue weighted by Gasteiger charge is -2.29. The lowest BCUT2D eigenvalue weighted by Crippen LogP contribution is -2.35. The molecule has 13 heavy (non-hydrogen) atoms. The maximum Gasteiger partial charge on any atom is 0.183 e. The molecule has 1 unspecified atom stereocenters. The van der Waals surface area contributed by atoms with Crippen LogP contribution in [0.25, 0.3) is 0 Å². The van der Waals surface area contributed by atoms with Gasteiger partial charge in [-0.3, -0.25) is 0 Å². The third kappa shape index (κ3) is 2.22. The maximum absolute atomic E-state index is 9.92. The SMILES string of the molecule is OC(C1CCCCC1)C1OCCO1. The van der Waals surface area contributed by atoms with Crippen molar-refractivity contribution in [2.75, 3.05) is 13.2 Å². The Morgan fingerprint density at radius 2 is 1.62 bits per heavy atom. The first-order valence-electron chi connectivity index (χ1n) is 5.29. The number of ether oxygens (including phenoxy) is 2. The molecule has 1 saturated carbocycles. The monoisotopic (exact) mass is 186 g/mol. The molecule has 2 aliphatic rings. The van der Waals surface area contributed by atoms with Gasteiger partial charge in [0, 0.05) is 0 Å². The quantitative estimate of drug-likeness (QED) is 0.706. The van der Waals surface area contributed by atoms with E-state index >= 15 is 0 Å². The summed E-state index contributed by atoms with van der Waals surface area (Å²) in [5.74, 6) is 0.400. The first kappa shape index (κ1) is 9.44. The average Bonchev–Trinajstić information content (AvgIpc) is 2.71. The van der Waals surface area contributed by atoms with Crippen LogP contribution in [0.3, 0.4) is 0 Å². The van der Waals surface area contributed by atoms with E-state index in [1.807, 2.05) is 0 Å². The van der Waals surface area contributed by atoms with Crippen molar-refractivity contribution in [2.45, 2.75) is 44.5 Å². The Kier molecular flexibility index (Phi) is 3.19. The second-order valence-electron chi connectivity index (χ2n) is 4.00. The Morgan fingerprint density at radius 3 is 2.23 bits per heavy atom. The Bertz CT molecular complexity index is 148. The number of hydrogen-bond acceptors (Lipinski definition) is 3.